The first-order chi connectivity index (χ1) is 10.0. The Morgan fingerprint density at radius 2 is 2.00 bits per heavy atom. The zero-order valence-electron chi connectivity index (χ0n) is 11.5. The van der Waals surface area contributed by atoms with Gasteiger partial charge in [0.05, 0.1) is 6.61 Å². The van der Waals surface area contributed by atoms with Crippen molar-refractivity contribution >= 4 is 10.9 Å². The van der Waals surface area contributed by atoms with Crippen LogP contribution in [-0.2, 0) is 17.8 Å². The van der Waals surface area contributed by atoms with Crippen LogP contribution >= 0.6 is 0 Å². The molecule has 1 aromatic heterocycles. The molecule has 0 amide bonds. The summed E-state index contributed by atoms with van der Waals surface area (Å²) >= 11 is 0. The summed E-state index contributed by atoms with van der Waals surface area (Å²) in [7, 11) is 0. The smallest absolute Gasteiger partial charge is 0.345 e. The molecule has 0 radical (unpaired) electrons. The minimum absolute atomic E-state index is 0.184. The first-order valence-corrected chi connectivity index (χ1v) is 7.04. The van der Waals surface area contributed by atoms with Crippen molar-refractivity contribution in [3.05, 3.63) is 36.0 Å². The van der Waals surface area contributed by atoms with Crippen LogP contribution in [0.1, 0.15) is 18.4 Å². The summed E-state index contributed by atoms with van der Waals surface area (Å²) in [6.07, 6.45) is -0.241. The molecule has 21 heavy (non-hydrogen) atoms. The maximum atomic E-state index is 12.1. The maximum absolute atomic E-state index is 12.1. The molecule has 0 aliphatic heterocycles. The molecule has 1 heterocycles. The Labute approximate surface area is 120 Å². The van der Waals surface area contributed by atoms with Crippen molar-refractivity contribution < 1.29 is 17.9 Å². The Balaban J connectivity index is 1.74. The average molecular weight is 298 g/mol. The number of fused-ring (bicyclic) bond motifs is 1. The SMILES string of the molecule is FC(F)(F)OCCn1cc(CNC2CC2)c2ccccc21. The van der Waals surface area contributed by atoms with E-state index in [0.717, 1.165) is 23.0 Å². The highest BCUT2D eigenvalue weighted by Gasteiger charge is 2.28. The zero-order chi connectivity index (χ0) is 14.9. The molecule has 1 aromatic carbocycles. The fourth-order valence-corrected chi connectivity index (χ4v) is 2.45. The third kappa shape index (κ3) is 3.77. The second-order valence-electron chi connectivity index (χ2n) is 5.31. The fourth-order valence-electron chi connectivity index (χ4n) is 2.45. The van der Waals surface area contributed by atoms with Gasteiger partial charge in [-0.1, -0.05) is 18.2 Å². The molecule has 114 valence electrons. The van der Waals surface area contributed by atoms with E-state index in [2.05, 4.69) is 10.1 Å². The van der Waals surface area contributed by atoms with Gasteiger partial charge in [-0.15, -0.1) is 13.2 Å². The lowest BCUT2D eigenvalue weighted by atomic mass is 10.2. The predicted octanol–water partition coefficient (Wildman–Crippen LogP) is 3.43. The summed E-state index contributed by atoms with van der Waals surface area (Å²) in [6.45, 7) is 0.555. The van der Waals surface area contributed by atoms with Crippen molar-refractivity contribution in [3.8, 4) is 0 Å². The van der Waals surface area contributed by atoms with E-state index in [4.69, 9.17) is 0 Å². The minimum atomic E-state index is -4.57. The Morgan fingerprint density at radius 3 is 2.71 bits per heavy atom. The highest BCUT2D eigenvalue weighted by atomic mass is 19.4. The molecule has 0 atom stereocenters. The molecule has 3 nitrogen and oxygen atoms in total. The van der Waals surface area contributed by atoms with Crippen LogP contribution in [0.15, 0.2) is 30.5 Å². The summed E-state index contributed by atoms with van der Waals surface area (Å²) in [5.74, 6) is 0. The summed E-state index contributed by atoms with van der Waals surface area (Å²) in [5.41, 5.74) is 2.06. The van der Waals surface area contributed by atoms with Gasteiger partial charge in [-0.3, -0.25) is 4.74 Å². The van der Waals surface area contributed by atoms with Gasteiger partial charge in [0.15, 0.2) is 0 Å². The van der Waals surface area contributed by atoms with Gasteiger partial charge in [0.2, 0.25) is 0 Å². The highest BCUT2D eigenvalue weighted by molar-refractivity contribution is 5.83. The van der Waals surface area contributed by atoms with Crippen LogP contribution in [0.3, 0.4) is 0 Å². The molecule has 0 saturated heterocycles. The third-order valence-electron chi connectivity index (χ3n) is 3.63. The van der Waals surface area contributed by atoms with Crippen LogP contribution in [0.2, 0.25) is 0 Å². The van der Waals surface area contributed by atoms with E-state index in [1.807, 2.05) is 35.0 Å². The Bertz CT molecular complexity index is 617. The van der Waals surface area contributed by atoms with Gasteiger partial charge < -0.3 is 9.88 Å². The molecular formula is C15H17F3N2O. The number of rotatable bonds is 6. The maximum Gasteiger partial charge on any atom is 0.522 e. The molecule has 6 heteroatoms. The Kier molecular flexibility index (Phi) is 3.91. The van der Waals surface area contributed by atoms with Crippen LogP contribution in [0.25, 0.3) is 10.9 Å². The van der Waals surface area contributed by atoms with Crippen molar-refractivity contribution in [2.24, 2.45) is 0 Å². The number of ether oxygens (including phenoxy) is 1. The van der Waals surface area contributed by atoms with Gasteiger partial charge in [0, 0.05) is 36.2 Å². The summed E-state index contributed by atoms with van der Waals surface area (Å²) in [4.78, 5) is 0. The van der Waals surface area contributed by atoms with Crippen LogP contribution in [-0.4, -0.2) is 23.6 Å². The minimum Gasteiger partial charge on any atom is -0.345 e. The number of alkyl halides is 3. The summed E-state index contributed by atoms with van der Waals surface area (Å²) in [5, 5.41) is 4.52. The van der Waals surface area contributed by atoms with Gasteiger partial charge in [-0.25, -0.2) is 0 Å². The van der Waals surface area contributed by atoms with Crippen molar-refractivity contribution in [1.82, 2.24) is 9.88 Å². The van der Waals surface area contributed by atoms with E-state index in [1.54, 1.807) is 0 Å². The topological polar surface area (TPSA) is 26.2 Å². The van der Waals surface area contributed by atoms with E-state index in [9.17, 15) is 13.2 Å². The van der Waals surface area contributed by atoms with Crippen LogP contribution < -0.4 is 5.32 Å². The molecule has 1 aliphatic carbocycles. The molecule has 3 rings (SSSR count). The zero-order valence-corrected chi connectivity index (χ0v) is 11.5. The Hall–Kier alpha value is -1.53. The average Bonchev–Trinajstić information content (AvgIpc) is 3.19. The normalized spacial score (nSPS) is 15.8. The number of halogens is 3. The lowest BCUT2D eigenvalue weighted by Gasteiger charge is -2.08. The molecule has 0 bridgehead atoms. The van der Waals surface area contributed by atoms with Crippen LogP contribution in [0.5, 0.6) is 0 Å². The summed E-state index contributed by atoms with van der Waals surface area (Å²) in [6, 6.07) is 8.35. The molecular weight excluding hydrogens is 281 g/mol. The van der Waals surface area contributed by atoms with Gasteiger partial charge in [-0.05, 0) is 24.5 Å². The molecule has 0 spiro atoms. The molecule has 1 fully saturated rings. The molecule has 0 unspecified atom stereocenters. The van der Waals surface area contributed by atoms with Crippen LogP contribution in [0.4, 0.5) is 13.2 Å². The number of nitrogens with zero attached hydrogens (tertiary/aromatic N) is 1. The molecule has 2 aromatic rings. The molecule has 1 saturated carbocycles. The fraction of sp³-hybridized carbons (Fsp3) is 0.467. The van der Waals surface area contributed by atoms with Crippen molar-refractivity contribution in [2.75, 3.05) is 6.61 Å². The third-order valence-corrected chi connectivity index (χ3v) is 3.63. The van der Waals surface area contributed by atoms with E-state index in [0.29, 0.717) is 6.04 Å². The number of benzene rings is 1. The Morgan fingerprint density at radius 1 is 1.24 bits per heavy atom. The summed E-state index contributed by atoms with van der Waals surface area (Å²) < 4.78 is 41.8. The number of aromatic nitrogens is 1. The van der Waals surface area contributed by atoms with E-state index in [-0.39, 0.29) is 13.2 Å². The molecule has 1 aliphatic rings. The number of hydrogen-bond donors (Lipinski definition) is 1. The standard InChI is InChI=1S/C15H17F3N2O/c16-15(17,18)21-8-7-20-10-11(9-19-12-5-6-12)13-3-1-2-4-14(13)20/h1-4,10,12,19H,5-9H2. The van der Waals surface area contributed by atoms with E-state index in [1.165, 1.54) is 12.8 Å². The van der Waals surface area contributed by atoms with Crippen molar-refractivity contribution in [2.45, 2.75) is 38.3 Å². The van der Waals surface area contributed by atoms with Crippen LogP contribution in [0, 0.1) is 0 Å². The largest absolute Gasteiger partial charge is 0.522 e. The van der Waals surface area contributed by atoms with Gasteiger partial charge in [-0.2, -0.15) is 0 Å². The quantitative estimate of drug-likeness (QED) is 0.884. The lowest BCUT2D eigenvalue weighted by molar-refractivity contribution is -0.325. The lowest BCUT2D eigenvalue weighted by Crippen LogP contribution is -2.17. The number of para-hydroxylation sites is 1. The van der Waals surface area contributed by atoms with E-state index >= 15 is 0 Å². The van der Waals surface area contributed by atoms with Gasteiger partial charge >= 0.3 is 6.36 Å². The monoisotopic (exact) mass is 298 g/mol. The first kappa shape index (κ1) is 14.4. The van der Waals surface area contributed by atoms with Gasteiger partial charge in [0.1, 0.15) is 0 Å². The second-order valence-corrected chi connectivity index (χ2v) is 5.31. The number of hydrogen-bond acceptors (Lipinski definition) is 2. The predicted molar refractivity (Wildman–Crippen MR) is 73.8 cm³/mol. The van der Waals surface area contributed by atoms with E-state index < -0.39 is 6.36 Å². The molecule has 1 N–H and O–H groups in total. The number of nitrogens with one attached hydrogen (secondary N) is 1. The highest BCUT2D eigenvalue weighted by Crippen LogP contribution is 2.24. The van der Waals surface area contributed by atoms with Gasteiger partial charge in [0.25, 0.3) is 0 Å². The second kappa shape index (κ2) is 5.69. The van der Waals surface area contributed by atoms with Crippen molar-refractivity contribution in [1.29, 1.82) is 0 Å². The first-order valence-electron chi connectivity index (χ1n) is 7.04. The van der Waals surface area contributed by atoms with Crippen molar-refractivity contribution in [3.63, 3.8) is 0 Å².